The molecule has 0 heterocycles. The summed E-state index contributed by atoms with van der Waals surface area (Å²) in [5.74, 6) is -3.69. The molecular formula is C16H29N5O6. The second-order valence-corrected chi connectivity index (χ2v) is 6.64. The predicted octanol–water partition coefficient (Wildman–Crippen LogP) is -2.18. The second kappa shape index (κ2) is 11.8. The number of carbonyl (C=O) groups is 5. The molecule has 0 aromatic heterocycles. The Bertz CT molecular complexity index is 566. The molecule has 0 saturated heterocycles. The number of amides is 4. The maximum atomic E-state index is 12.4. The fraction of sp³-hybridized carbons (Fsp3) is 0.688. The summed E-state index contributed by atoms with van der Waals surface area (Å²) in [7, 11) is 0. The third-order valence-electron chi connectivity index (χ3n) is 3.54. The molecule has 4 amide bonds. The van der Waals surface area contributed by atoms with Crippen LogP contribution in [0.2, 0.25) is 0 Å². The Morgan fingerprint density at radius 3 is 2.04 bits per heavy atom. The van der Waals surface area contributed by atoms with Gasteiger partial charge in [-0.3, -0.25) is 24.0 Å². The molecule has 11 heteroatoms. The minimum atomic E-state index is -1.23. The molecule has 0 aromatic rings. The summed E-state index contributed by atoms with van der Waals surface area (Å²) in [5.41, 5.74) is 10.9. The number of carboxylic acids is 1. The number of nitrogens with one attached hydrogen (secondary N) is 3. The molecule has 0 aliphatic heterocycles. The summed E-state index contributed by atoms with van der Waals surface area (Å²) in [6.45, 7) is 4.54. The summed E-state index contributed by atoms with van der Waals surface area (Å²) in [6.07, 6.45) is 0.187. The molecule has 154 valence electrons. The number of rotatable bonds is 12. The van der Waals surface area contributed by atoms with Crippen molar-refractivity contribution in [3.8, 4) is 0 Å². The van der Waals surface area contributed by atoms with Gasteiger partial charge in [-0.2, -0.15) is 0 Å². The van der Waals surface area contributed by atoms with Crippen molar-refractivity contribution in [3.05, 3.63) is 0 Å². The highest BCUT2D eigenvalue weighted by molar-refractivity contribution is 5.93. The topological polar surface area (TPSA) is 194 Å². The van der Waals surface area contributed by atoms with Gasteiger partial charge in [0.1, 0.15) is 18.6 Å². The smallest absolute Gasteiger partial charge is 0.322 e. The lowest BCUT2D eigenvalue weighted by Gasteiger charge is -2.22. The van der Waals surface area contributed by atoms with Gasteiger partial charge in [0, 0.05) is 6.42 Å². The van der Waals surface area contributed by atoms with E-state index in [4.69, 9.17) is 16.6 Å². The predicted molar refractivity (Wildman–Crippen MR) is 96.0 cm³/mol. The zero-order chi connectivity index (χ0) is 21.1. The first kappa shape index (κ1) is 24.3. The first-order valence-electron chi connectivity index (χ1n) is 8.58. The van der Waals surface area contributed by atoms with Crippen LogP contribution >= 0.6 is 0 Å². The summed E-state index contributed by atoms with van der Waals surface area (Å²) in [5, 5.41) is 15.5. The molecule has 0 aliphatic carbocycles. The Balaban J connectivity index is 4.92. The molecule has 0 aromatic carbocycles. The molecule has 11 nitrogen and oxygen atoms in total. The Kier molecular flexibility index (Phi) is 10.7. The van der Waals surface area contributed by atoms with E-state index in [1.807, 2.05) is 13.8 Å². The normalized spacial score (nSPS) is 14.0. The lowest BCUT2D eigenvalue weighted by molar-refractivity contribution is -0.138. The Hall–Kier alpha value is -2.69. The van der Waals surface area contributed by atoms with Gasteiger partial charge >= 0.3 is 5.97 Å². The summed E-state index contributed by atoms with van der Waals surface area (Å²) in [6, 6.07) is -2.99. The van der Waals surface area contributed by atoms with Gasteiger partial charge in [-0.1, -0.05) is 13.8 Å². The van der Waals surface area contributed by atoms with Gasteiger partial charge < -0.3 is 32.5 Å². The third-order valence-corrected chi connectivity index (χ3v) is 3.54. The molecule has 3 unspecified atom stereocenters. The van der Waals surface area contributed by atoms with Gasteiger partial charge in [-0.05, 0) is 25.7 Å². The van der Waals surface area contributed by atoms with Gasteiger partial charge in [0.05, 0.1) is 6.04 Å². The summed E-state index contributed by atoms with van der Waals surface area (Å²) >= 11 is 0. The van der Waals surface area contributed by atoms with Crippen LogP contribution in [0.5, 0.6) is 0 Å². The van der Waals surface area contributed by atoms with Crippen molar-refractivity contribution >= 4 is 29.6 Å². The quantitative estimate of drug-likeness (QED) is 0.219. The molecule has 0 fully saturated rings. The van der Waals surface area contributed by atoms with Gasteiger partial charge in [0.2, 0.25) is 23.6 Å². The van der Waals surface area contributed by atoms with E-state index in [1.54, 1.807) is 0 Å². The molecule has 0 saturated carbocycles. The van der Waals surface area contributed by atoms with E-state index in [9.17, 15) is 24.0 Å². The zero-order valence-corrected chi connectivity index (χ0v) is 15.8. The van der Waals surface area contributed by atoms with Crippen LogP contribution in [0, 0.1) is 5.92 Å². The van der Waals surface area contributed by atoms with Crippen LogP contribution in [0.3, 0.4) is 0 Å². The number of carbonyl (C=O) groups excluding carboxylic acids is 4. The molecule has 27 heavy (non-hydrogen) atoms. The van der Waals surface area contributed by atoms with E-state index in [1.165, 1.54) is 6.92 Å². The molecule has 0 spiro atoms. The van der Waals surface area contributed by atoms with Crippen LogP contribution in [-0.4, -0.2) is 59.4 Å². The molecular weight excluding hydrogens is 358 g/mol. The first-order chi connectivity index (χ1) is 12.4. The minimum absolute atomic E-state index is 0.0647. The largest absolute Gasteiger partial charge is 0.480 e. The van der Waals surface area contributed by atoms with Crippen LogP contribution in [-0.2, 0) is 24.0 Å². The van der Waals surface area contributed by atoms with E-state index >= 15 is 0 Å². The molecule has 0 rings (SSSR count). The van der Waals surface area contributed by atoms with Crippen molar-refractivity contribution in [1.29, 1.82) is 0 Å². The Labute approximate surface area is 157 Å². The minimum Gasteiger partial charge on any atom is -0.480 e. The molecule has 0 aliphatic rings. The summed E-state index contributed by atoms with van der Waals surface area (Å²) < 4.78 is 0. The number of hydrogen-bond donors (Lipinski definition) is 6. The van der Waals surface area contributed by atoms with E-state index < -0.39 is 54.3 Å². The van der Waals surface area contributed by atoms with Crippen molar-refractivity contribution in [2.45, 2.75) is 58.2 Å². The highest BCUT2D eigenvalue weighted by atomic mass is 16.4. The summed E-state index contributed by atoms with van der Waals surface area (Å²) in [4.78, 5) is 57.8. The SMILES string of the molecule is CC(C)CC(N)C(=O)NC(CCC(N)=O)C(=O)NC(C)C(=O)NCC(=O)O. The molecule has 0 bridgehead atoms. The zero-order valence-electron chi connectivity index (χ0n) is 15.8. The third kappa shape index (κ3) is 10.8. The number of aliphatic carboxylic acids is 1. The first-order valence-corrected chi connectivity index (χ1v) is 8.58. The van der Waals surface area contributed by atoms with Crippen LogP contribution in [0.25, 0.3) is 0 Å². The highest BCUT2D eigenvalue weighted by Gasteiger charge is 2.27. The molecule has 0 radical (unpaired) electrons. The van der Waals surface area contributed by atoms with E-state index in [0.29, 0.717) is 6.42 Å². The maximum absolute atomic E-state index is 12.4. The van der Waals surface area contributed by atoms with E-state index in [2.05, 4.69) is 16.0 Å². The number of carboxylic acid groups (broad SMARTS) is 1. The van der Waals surface area contributed by atoms with Gasteiger partial charge in [-0.25, -0.2) is 0 Å². The average molecular weight is 387 g/mol. The Morgan fingerprint density at radius 2 is 1.56 bits per heavy atom. The molecule has 8 N–H and O–H groups in total. The lowest BCUT2D eigenvalue weighted by atomic mass is 10.0. The Morgan fingerprint density at radius 1 is 0.963 bits per heavy atom. The van der Waals surface area contributed by atoms with Crippen molar-refractivity contribution in [2.24, 2.45) is 17.4 Å². The van der Waals surface area contributed by atoms with Crippen LogP contribution in [0.1, 0.15) is 40.0 Å². The monoisotopic (exact) mass is 387 g/mol. The molecule has 3 atom stereocenters. The van der Waals surface area contributed by atoms with Crippen molar-refractivity contribution in [2.75, 3.05) is 6.54 Å². The van der Waals surface area contributed by atoms with Crippen LogP contribution in [0.4, 0.5) is 0 Å². The van der Waals surface area contributed by atoms with Gasteiger partial charge in [0.25, 0.3) is 0 Å². The number of primary amides is 1. The fourth-order valence-corrected chi connectivity index (χ4v) is 2.14. The van der Waals surface area contributed by atoms with Crippen LogP contribution < -0.4 is 27.4 Å². The van der Waals surface area contributed by atoms with Crippen molar-refractivity contribution in [3.63, 3.8) is 0 Å². The lowest BCUT2D eigenvalue weighted by Crippen LogP contribution is -2.55. The van der Waals surface area contributed by atoms with E-state index in [0.717, 1.165) is 0 Å². The fourth-order valence-electron chi connectivity index (χ4n) is 2.14. The van der Waals surface area contributed by atoms with Gasteiger partial charge in [0.15, 0.2) is 0 Å². The standard InChI is InChI=1S/C16H29N5O6/c1-8(2)6-10(17)15(26)21-11(4-5-12(18)22)16(27)20-9(3)14(25)19-7-13(23)24/h8-11H,4-7,17H2,1-3H3,(H2,18,22)(H,19,25)(H,20,27)(H,21,26)(H,23,24). The average Bonchev–Trinajstić information content (AvgIpc) is 2.54. The van der Waals surface area contributed by atoms with Crippen molar-refractivity contribution in [1.82, 2.24) is 16.0 Å². The van der Waals surface area contributed by atoms with Gasteiger partial charge in [-0.15, -0.1) is 0 Å². The maximum Gasteiger partial charge on any atom is 0.322 e. The highest BCUT2D eigenvalue weighted by Crippen LogP contribution is 2.05. The number of hydrogen-bond acceptors (Lipinski definition) is 6. The number of nitrogens with two attached hydrogens (primary N) is 2. The van der Waals surface area contributed by atoms with Crippen molar-refractivity contribution < 1.29 is 29.1 Å². The second-order valence-electron chi connectivity index (χ2n) is 6.64. The van der Waals surface area contributed by atoms with Crippen LogP contribution in [0.15, 0.2) is 0 Å². The van der Waals surface area contributed by atoms with E-state index in [-0.39, 0.29) is 18.8 Å².